The number of hydrogen-bond donors (Lipinski definition) is 0. The van der Waals surface area contributed by atoms with Crippen molar-refractivity contribution in [2.24, 2.45) is 28.1 Å². The third-order valence-corrected chi connectivity index (χ3v) is 6.94. The molecule has 1 heteroatoms. The zero-order valence-corrected chi connectivity index (χ0v) is 10.5. The van der Waals surface area contributed by atoms with Crippen molar-refractivity contribution in [2.45, 2.75) is 58.8 Å². The first-order valence-electron chi connectivity index (χ1n) is 6.98. The zero-order chi connectivity index (χ0) is 11.2. The second kappa shape index (κ2) is 2.42. The van der Waals surface area contributed by atoms with E-state index in [9.17, 15) is 4.79 Å². The molecular formula is C15H22O. The number of hydrogen-bond acceptors (Lipinski definition) is 1. The van der Waals surface area contributed by atoms with Crippen LogP contribution in [0.5, 0.6) is 0 Å². The van der Waals surface area contributed by atoms with Gasteiger partial charge in [-0.1, -0.05) is 13.8 Å². The highest BCUT2D eigenvalue weighted by atomic mass is 16.1. The van der Waals surface area contributed by atoms with Gasteiger partial charge in [0.1, 0.15) is 5.78 Å². The van der Waals surface area contributed by atoms with Gasteiger partial charge >= 0.3 is 0 Å². The van der Waals surface area contributed by atoms with E-state index in [1.807, 2.05) is 0 Å². The quantitative estimate of drug-likeness (QED) is 0.607. The molecule has 0 radical (unpaired) electrons. The summed E-state index contributed by atoms with van der Waals surface area (Å²) in [6.45, 7) is 4.83. The van der Waals surface area contributed by atoms with Gasteiger partial charge in [-0.15, -0.1) is 0 Å². The van der Waals surface area contributed by atoms with Crippen LogP contribution in [0.1, 0.15) is 58.8 Å². The van der Waals surface area contributed by atoms with Crippen LogP contribution in [-0.4, -0.2) is 5.78 Å². The lowest BCUT2D eigenvalue weighted by Crippen LogP contribution is -2.32. The molecule has 0 aromatic rings. The largest absolute Gasteiger partial charge is 0.300 e. The van der Waals surface area contributed by atoms with Crippen molar-refractivity contribution in [1.82, 2.24) is 0 Å². The SMILES string of the molecule is C[C@]12CC(=O)C[C@@]1(C)[C@@H]1CC3(CC3)C[C@@H]1C2. The lowest BCUT2D eigenvalue weighted by Gasteiger charge is -2.38. The number of carbonyl (C=O) groups is 1. The maximum Gasteiger partial charge on any atom is 0.134 e. The molecule has 0 heterocycles. The van der Waals surface area contributed by atoms with Crippen LogP contribution in [-0.2, 0) is 4.79 Å². The van der Waals surface area contributed by atoms with Crippen LogP contribution in [0.25, 0.3) is 0 Å². The van der Waals surface area contributed by atoms with E-state index in [1.165, 1.54) is 32.1 Å². The molecule has 0 saturated heterocycles. The van der Waals surface area contributed by atoms with E-state index in [4.69, 9.17) is 0 Å². The average molecular weight is 218 g/mol. The molecule has 1 nitrogen and oxygen atoms in total. The van der Waals surface area contributed by atoms with Crippen LogP contribution < -0.4 is 0 Å². The molecule has 4 rings (SSSR count). The molecule has 0 aliphatic heterocycles. The predicted octanol–water partition coefficient (Wildman–Crippen LogP) is 3.57. The number of carbonyl (C=O) groups excluding carboxylic acids is 1. The Morgan fingerprint density at radius 2 is 1.81 bits per heavy atom. The molecule has 16 heavy (non-hydrogen) atoms. The molecule has 4 aliphatic rings. The Morgan fingerprint density at radius 3 is 2.50 bits per heavy atom. The van der Waals surface area contributed by atoms with Gasteiger partial charge in [-0.3, -0.25) is 4.79 Å². The van der Waals surface area contributed by atoms with Gasteiger partial charge in [-0.05, 0) is 60.2 Å². The van der Waals surface area contributed by atoms with E-state index in [-0.39, 0.29) is 0 Å². The summed E-state index contributed by atoms with van der Waals surface area (Å²) in [5.74, 6) is 2.39. The van der Waals surface area contributed by atoms with Crippen LogP contribution >= 0.6 is 0 Å². The van der Waals surface area contributed by atoms with Crippen molar-refractivity contribution in [3.63, 3.8) is 0 Å². The van der Waals surface area contributed by atoms with Gasteiger partial charge in [0.2, 0.25) is 0 Å². The van der Waals surface area contributed by atoms with Crippen molar-refractivity contribution >= 4 is 5.78 Å². The van der Waals surface area contributed by atoms with E-state index in [0.29, 0.717) is 16.6 Å². The molecule has 0 aromatic heterocycles. The minimum atomic E-state index is 0.357. The minimum absolute atomic E-state index is 0.357. The van der Waals surface area contributed by atoms with Gasteiger partial charge in [-0.25, -0.2) is 0 Å². The standard InChI is InChI=1S/C15H22O/c1-13-5-10-6-15(3-4-15)9-12(10)14(13,2)8-11(16)7-13/h10,12H,3-9H2,1-2H3/t10-,12+,13-,14-/m0/s1. The summed E-state index contributed by atoms with van der Waals surface area (Å²) in [6.07, 6.45) is 9.04. The molecule has 0 amide bonds. The molecule has 4 saturated carbocycles. The van der Waals surface area contributed by atoms with Crippen molar-refractivity contribution in [2.75, 3.05) is 0 Å². The summed E-state index contributed by atoms with van der Waals surface area (Å²) < 4.78 is 0. The monoisotopic (exact) mass is 218 g/mol. The summed E-state index contributed by atoms with van der Waals surface area (Å²) in [7, 11) is 0. The maximum atomic E-state index is 11.8. The van der Waals surface area contributed by atoms with Gasteiger partial charge in [0.25, 0.3) is 0 Å². The van der Waals surface area contributed by atoms with E-state index in [0.717, 1.165) is 30.1 Å². The molecule has 4 fully saturated rings. The van der Waals surface area contributed by atoms with Crippen LogP contribution in [0.15, 0.2) is 0 Å². The van der Waals surface area contributed by atoms with E-state index < -0.39 is 0 Å². The Labute approximate surface area is 98.0 Å². The molecule has 0 N–H and O–H groups in total. The lowest BCUT2D eigenvalue weighted by molar-refractivity contribution is -0.118. The third-order valence-electron chi connectivity index (χ3n) is 6.94. The van der Waals surface area contributed by atoms with Crippen LogP contribution in [0.2, 0.25) is 0 Å². The summed E-state index contributed by atoms with van der Waals surface area (Å²) in [5.41, 5.74) is 1.49. The molecule has 88 valence electrons. The fourth-order valence-corrected chi connectivity index (χ4v) is 5.75. The third kappa shape index (κ3) is 0.926. The molecule has 0 unspecified atom stereocenters. The predicted molar refractivity (Wildman–Crippen MR) is 63.0 cm³/mol. The first-order valence-corrected chi connectivity index (χ1v) is 6.98. The molecule has 0 bridgehead atoms. The van der Waals surface area contributed by atoms with Crippen molar-refractivity contribution in [3.05, 3.63) is 0 Å². The molecular weight excluding hydrogens is 196 g/mol. The topological polar surface area (TPSA) is 17.1 Å². The van der Waals surface area contributed by atoms with Crippen LogP contribution in [0.4, 0.5) is 0 Å². The lowest BCUT2D eigenvalue weighted by atomic mass is 9.66. The summed E-state index contributed by atoms with van der Waals surface area (Å²) in [4.78, 5) is 11.8. The molecule has 4 atom stereocenters. The fraction of sp³-hybridized carbons (Fsp3) is 0.933. The zero-order valence-electron chi connectivity index (χ0n) is 10.5. The summed E-state index contributed by atoms with van der Waals surface area (Å²) >= 11 is 0. The van der Waals surface area contributed by atoms with Crippen LogP contribution in [0.3, 0.4) is 0 Å². The number of Topliss-reactive ketones (excluding diaryl/α,β-unsaturated/α-hetero) is 1. The maximum absolute atomic E-state index is 11.8. The van der Waals surface area contributed by atoms with Crippen molar-refractivity contribution in [3.8, 4) is 0 Å². The highest BCUT2D eigenvalue weighted by molar-refractivity contribution is 5.83. The first-order chi connectivity index (χ1) is 7.47. The van der Waals surface area contributed by atoms with Crippen LogP contribution in [0, 0.1) is 28.1 Å². The van der Waals surface area contributed by atoms with E-state index >= 15 is 0 Å². The smallest absolute Gasteiger partial charge is 0.134 e. The number of rotatable bonds is 0. The number of fused-ring (bicyclic) bond motifs is 3. The second-order valence-corrected chi connectivity index (χ2v) is 7.85. The first kappa shape index (κ1) is 9.67. The molecule has 1 spiro atoms. The Morgan fingerprint density at radius 1 is 1.06 bits per heavy atom. The Bertz CT molecular complexity index is 381. The van der Waals surface area contributed by atoms with Crippen molar-refractivity contribution < 1.29 is 4.79 Å². The number of ketones is 1. The van der Waals surface area contributed by atoms with Gasteiger partial charge in [-0.2, -0.15) is 0 Å². The second-order valence-electron chi connectivity index (χ2n) is 7.85. The minimum Gasteiger partial charge on any atom is -0.300 e. The Balaban J connectivity index is 1.73. The van der Waals surface area contributed by atoms with Gasteiger partial charge < -0.3 is 0 Å². The van der Waals surface area contributed by atoms with Gasteiger partial charge in [0.15, 0.2) is 0 Å². The molecule has 0 aromatic carbocycles. The average Bonchev–Trinajstić information content (AvgIpc) is 2.69. The normalized spacial score (nSPS) is 56.8. The van der Waals surface area contributed by atoms with Gasteiger partial charge in [0, 0.05) is 12.8 Å². The fourth-order valence-electron chi connectivity index (χ4n) is 5.75. The molecule has 4 aliphatic carbocycles. The Hall–Kier alpha value is -0.330. The van der Waals surface area contributed by atoms with Gasteiger partial charge in [0.05, 0.1) is 0 Å². The van der Waals surface area contributed by atoms with Crippen molar-refractivity contribution in [1.29, 1.82) is 0 Å². The summed E-state index contributed by atoms with van der Waals surface area (Å²) in [5, 5.41) is 0. The Kier molecular flexibility index (Phi) is 1.46. The summed E-state index contributed by atoms with van der Waals surface area (Å²) in [6, 6.07) is 0. The highest BCUT2D eigenvalue weighted by Crippen LogP contribution is 2.75. The van der Waals surface area contributed by atoms with E-state index in [2.05, 4.69) is 13.8 Å². The van der Waals surface area contributed by atoms with E-state index in [1.54, 1.807) is 0 Å². The highest BCUT2D eigenvalue weighted by Gasteiger charge is 2.68.